The molecule has 0 bridgehead atoms. The molecule has 0 aliphatic carbocycles. The maximum Gasteiger partial charge on any atom is 0.338 e. The Bertz CT molecular complexity index is 1290. The standard InChI is InChI=1S/C23H23N3O6S2/c1-16-7-8-18(34(29,30)26-9-11-31-12-10-26)13-19(16)22(28)32-14-21(27)25-23-24-20(15-33-23)17-5-3-2-4-6-17/h2-8,13,15H,9-12,14H2,1H3,(H,24,25,27). The smallest absolute Gasteiger partial charge is 0.338 e. The summed E-state index contributed by atoms with van der Waals surface area (Å²) in [7, 11) is -3.77. The molecule has 0 spiro atoms. The van der Waals surface area contributed by atoms with Crippen LogP contribution in [0.2, 0.25) is 0 Å². The highest BCUT2D eigenvalue weighted by Crippen LogP contribution is 2.25. The van der Waals surface area contributed by atoms with Crippen LogP contribution in [0, 0.1) is 6.92 Å². The van der Waals surface area contributed by atoms with Crippen molar-refractivity contribution in [1.82, 2.24) is 9.29 Å². The topological polar surface area (TPSA) is 115 Å². The fourth-order valence-electron chi connectivity index (χ4n) is 3.35. The summed E-state index contributed by atoms with van der Waals surface area (Å²) in [6.45, 7) is 2.28. The highest BCUT2D eigenvalue weighted by Gasteiger charge is 2.27. The first-order valence-electron chi connectivity index (χ1n) is 10.5. The summed E-state index contributed by atoms with van der Waals surface area (Å²) >= 11 is 1.26. The van der Waals surface area contributed by atoms with Crippen molar-refractivity contribution in [2.75, 3.05) is 38.2 Å². The number of benzene rings is 2. The summed E-state index contributed by atoms with van der Waals surface area (Å²) in [5.41, 5.74) is 2.28. The Kier molecular flexibility index (Phi) is 7.37. The Labute approximate surface area is 201 Å². The predicted octanol–water partition coefficient (Wildman–Crippen LogP) is 2.93. The van der Waals surface area contributed by atoms with Crippen LogP contribution in [0.25, 0.3) is 11.3 Å². The third-order valence-corrected chi connectivity index (χ3v) is 7.84. The van der Waals surface area contributed by atoms with Gasteiger partial charge in [-0.25, -0.2) is 18.2 Å². The van der Waals surface area contributed by atoms with Gasteiger partial charge in [0.15, 0.2) is 11.7 Å². The lowest BCUT2D eigenvalue weighted by Crippen LogP contribution is -2.40. The van der Waals surface area contributed by atoms with E-state index in [0.29, 0.717) is 23.9 Å². The Balaban J connectivity index is 1.38. The van der Waals surface area contributed by atoms with Crippen molar-refractivity contribution in [3.05, 3.63) is 65.0 Å². The second-order valence-corrected chi connectivity index (χ2v) is 10.3. The fourth-order valence-corrected chi connectivity index (χ4v) is 5.52. The van der Waals surface area contributed by atoms with Crippen molar-refractivity contribution in [1.29, 1.82) is 0 Å². The minimum atomic E-state index is -3.77. The minimum Gasteiger partial charge on any atom is -0.452 e. The van der Waals surface area contributed by atoms with E-state index < -0.39 is 28.5 Å². The first kappa shape index (κ1) is 24.0. The van der Waals surface area contributed by atoms with E-state index in [1.807, 2.05) is 35.7 Å². The average Bonchev–Trinajstić information content (AvgIpc) is 3.32. The largest absolute Gasteiger partial charge is 0.452 e. The zero-order valence-electron chi connectivity index (χ0n) is 18.4. The second-order valence-electron chi connectivity index (χ2n) is 7.52. The Hall–Kier alpha value is -3.12. The second kappa shape index (κ2) is 10.4. The Morgan fingerprint density at radius 2 is 1.88 bits per heavy atom. The normalized spacial score (nSPS) is 14.5. The highest BCUT2D eigenvalue weighted by atomic mass is 32.2. The van der Waals surface area contributed by atoms with Gasteiger partial charge in [0.2, 0.25) is 10.0 Å². The van der Waals surface area contributed by atoms with Crippen LogP contribution < -0.4 is 5.32 Å². The summed E-state index contributed by atoms with van der Waals surface area (Å²) in [5.74, 6) is -1.33. The summed E-state index contributed by atoms with van der Waals surface area (Å²) in [6, 6.07) is 13.8. The number of thiazole rings is 1. The monoisotopic (exact) mass is 501 g/mol. The number of hydrogen-bond donors (Lipinski definition) is 1. The number of morpholine rings is 1. The van der Waals surface area contributed by atoms with E-state index >= 15 is 0 Å². The van der Waals surface area contributed by atoms with E-state index in [9.17, 15) is 18.0 Å². The Morgan fingerprint density at radius 1 is 1.15 bits per heavy atom. The van der Waals surface area contributed by atoms with E-state index in [2.05, 4.69) is 10.3 Å². The molecule has 1 saturated heterocycles. The van der Waals surface area contributed by atoms with Crippen molar-refractivity contribution >= 4 is 38.4 Å². The third-order valence-electron chi connectivity index (χ3n) is 5.19. The Morgan fingerprint density at radius 3 is 2.62 bits per heavy atom. The van der Waals surface area contributed by atoms with Gasteiger partial charge in [0.1, 0.15) is 0 Å². The lowest BCUT2D eigenvalue weighted by atomic mass is 10.1. The molecule has 11 heteroatoms. The van der Waals surface area contributed by atoms with Crippen molar-refractivity contribution < 1.29 is 27.5 Å². The summed E-state index contributed by atoms with van der Waals surface area (Å²) in [6.07, 6.45) is 0. The summed E-state index contributed by atoms with van der Waals surface area (Å²) in [4.78, 5) is 29.3. The SMILES string of the molecule is Cc1ccc(S(=O)(=O)N2CCOCC2)cc1C(=O)OCC(=O)Nc1nc(-c2ccccc2)cs1. The zero-order valence-corrected chi connectivity index (χ0v) is 20.0. The number of nitrogens with one attached hydrogen (secondary N) is 1. The van der Waals surface area contributed by atoms with E-state index in [4.69, 9.17) is 9.47 Å². The molecule has 178 valence electrons. The lowest BCUT2D eigenvalue weighted by Gasteiger charge is -2.26. The van der Waals surface area contributed by atoms with Gasteiger partial charge in [-0.15, -0.1) is 11.3 Å². The number of aromatic nitrogens is 1. The number of carbonyl (C=O) groups is 2. The van der Waals surface area contributed by atoms with Crippen molar-refractivity contribution in [3.63, 3.8) is 0 Å². The first-order valence-corrected chi connectivity index (χ1v) is 12.8. The molecule has 0 unspecified atom stereocenters. The van der Waals surface area contributed by atoms with E-state index in [1.54, 1.807) is 13.0 Å². The van der Waals surface area contributed by atoms with Gasteiger partial charge in [-0.2, -0.15) is 4.31 Å². The third kappa shape index (κ3) is 5.50. The molecule has 0 atom stereocenters. The van der Waals surface area contributed by atoms with Crippen molar-refractivity contribution in [3.8, 4) is 11.3 Å². The molecule has 34 heavy (non-hydrogen) atoms. The molecule has 0 saturated carbocycles. The van der Waals surface area contributed by atoms with Crippen LogP contribution in [0.3, 0.4) is 0 Å². The number of nitrogens with zero attached hydrogens (tertiary/aromatic N) is 2. The zero-order chi connectivity index (χ0) is 24.1. The van der Waals surface area contributed by atoms with E-state index in [0.717, 1.165) is 11.3 Å². The molecule has 2 heterocycles. The average molecular weight is 502 g/mol. The number of carbonyl (C=O) groups excluding carboxylic acids is 2. The minimum absolute atomic E-state index is 0.00683. The lowest BCUT2D eigenvalue weighted by molar-refractivity contribution is -0.119. The van der Waals surface area contributed by atoms with Gasteiger partial charge in [-0.05, 0) is 24.6 Å². The van der Waals surface area contributed by atoms with Crippen molar-refractivity contribution in [2.24, 2.45) is 0 Å². The molecule has 1 fully saturated rings. The maximum absolute atomic E-state index is 12.9. The maximum atomic E-state index is 12.9. The molecule has 9 nitrogen and oxygen atoms in total. The number of aryl methyl sites for hydroxylation is 1. The first-order chi connectivity index (χ1) is 16.3. The molecule has 3 aromatic rings. The number of amides is 1. The molecule has 4 rings (SSSR count). The predicted molar refractivity (Wildman–Crippen MR) is 127 cm³/mol. The molecule has 1 aliphatic rings. The van der Waals surface area contributed by atoms with Gasteiger partial charge in [-0.3, -0.25) is 10.1 Å². The highest BCUT2D eigenvalue weighted by molar-refractivity contribution is 7.89. The summed E-state index contributed by atoms with van der Waals surface area (Å²) in [5, 5.41) is 4.81. The van der Waals surface area contributed by atoms with Crippen LogP contribution >= 0.6 is 11.3 Å². The molecule has 2 aromatic carbocycles. The van der Waals surface area contributed by atoms with E-state index in [1.165, 1.54) is 27.8 Å². The number of sulfonamides is 1. The number of esters is 1. The van der Waals surface area contributed by atoms with Crippen LogP contribution in [0.5, 0.6) is 0 Å². The van der Waals surface area contributed by atoms with Crippen LogP contribution in [-0.4, -0.2) is 62.5 Å². The van der Waals surface area contributed by atoms with Crippen LogP contribution in [0.1, 0.15) is 15.9 Å². The van der Waals surface area contributed by atoms with Gasteiger partial charge in [0, 0.05) is 24.0 Å². The molecule has 1 aliphatic heterocycles. The van der Waals surface area contributed by atoms with Crippen molar-refractivity contribution in [2.45, 2.75) is 11.8 Å². The number of anilines is 1. The number of rotatable bonds is 7. The van der Waals surface area contributed by atoms with Gasteiger partial charge in [0.05, 0.1) is 29.4 Å². The van der Waals surface area contributed by atoms with Gasteiger partial charge in [-0.1, -0.05) is 36.4 Å². The summed E-state index contributed by atoms with van der Waals surface area (Å²) < 4.78 is 37.5. The van der Waals surface area contributed by atoms with E-state index in [-0.39, 0.29) is 23.5 Å². The molecular formula is C23H23N3O6S2. The van der Waals surface area contributed by atoms with Crippen LogP contribution in [-0.2, 0) is 24.3 Å². The van der Waals surface area contributed by atoms with Crippen LogP contribution in [0.4, 0.5) is 5.13 Å². The molecule has 1 N–H and O–H groups in total. The molecule has 1 aromatic heterocycles. The molecular weight excluding hydrogens is 478 g/mol. The fraction of sp³-hybridized carbons (Fsp3) is 0.261. The number of ether oxygens (including phenoxy) is 2. The van der Waals surface area contributed by atoms with Gasteiger partial charge in [0.25, 0.3) is 5.91 Å². The molecule has 0 radical (unpaired) electrons. The number of hydrogen-bond acceptors (Lipinski definition) is 8. The van der Waals surface area contributed by atoms with Gasteiger partial charge >= 0.3 is 5.97 Å². The molecule has 1 amide bonds. The quantitative estimate of drug-likeness (QED) is 0.495. The van der Waals surface area contributed by atoms with Gasteiger partial charge < -0.3 is 9.47 Å². The van der Waals surface area contributed by atoms with Crippen LogP contribution in [0.15, 0.2) is 58.8 Å².